The highest BCUT2D eigenvalue weighted by atomic mass is 16.5. The van der Waals surface area contributed by atoms with Crippen molar-refractivity contribution in [2.75, 3.05) is 5.32 Å². The van der Waals surface area contributed by atoms with Gasteiger partial charge in [0.15, 0.2) is 0 Å². The van der Waals surface area contributed by atoms with Crippen molar-refractivity contribution in [1.82, 2.24) is 30.3 Å². The van der Waals surface area contributed by atoms with Crippen LogP contribution < -0.4 is 5.32 Å². The van der Waals surface area contributed by atoms with E-state index in [1.807, 2.05) is 55.5 Å². The van der Waals surface area contributed by atoms with Crippen LogP contribution in [0.1, 0.15) is 17.9 Å². The van der Waals surface area contributed by atoms with E-state index in [0.29, 0.717) is 23.8 Å². The average molecular weight is 375 g/mol. The fraction of sp³-hybridized carbons (Fsp3) is 0.158. The quantitative estimate of drug-likeness (QED) is 0.551. The third-order valence-electron chi connectivity index (χ3n) is 4.14. The van der Waals surface area contributed by atoms with E-state index in [4.69, 9.17) is 4.52 Å². The molecule has 4 aromatic rings. The zero-order valence-electron chi connectivity index (χ0n) is 15.1. The molecule has 0 bridgehead atoms. The first-order valence-corrected chi connectivity index (χ1v) is 8.71. The van der Waals surface area contributed by atoms with Gasteiger partial charge in [0.05, 0.1) is 5.69 Å². The van der Waals surface area contributed by atoms with Crippen LogP contribution in [0.15, 0.2) is 59.4 Å². The summed E-state index contributed by atoms with van der Waals surface area (Å²) in [5.74, 6) is 0.818. The Morgan fingerprint density at radius 2 is 2.04 bits per heavy atom. The fourth-order valence-electron chi connectivity index (χ4n) is 2.77. The summed E-state index contributed by atoms with van der Waals surface area (Å²) in [6.07, 6.45) is 2.13. The second-order valence-corrected chi connectivity index (χ2v) is 6.18. The Kier molecular flexibility index (Phi) is 4.87. The zero-order chi connectivity index (χ0) is 19.3. The second-order valence-electron chi connectivity index (χ2n) is 6.18. The third-order valence-corrected chi connectivity index (χ3v) is 4.14. The molecule has 0 radical (unpaired) electrons. The van der Waals surface area contributed by atoms with Gasteiger partial charge in [0, 0.05) is 24.1 Å². The Labute approximate surface area is 160 Å². The van der Waals surface area contributed by atoms with Gasteiger partial charge in [0.1, 0.15) is 6.33 Å². The lowest BCUT2D eigenvalue weighted by Crippen LogP contribution is -2.13. The van der Waals surface area contributed by atoms with Gasteiger partial charge < -0.3 is 9.84 Å². The third kappa shape index (κ3) is 3.93. The van der Waals surface area contributed by atoms with Gasteiger partial charge in [-0.15, -0.1) is 5.10 Å². The van der Waals surface area contributed by atoms with Crippen LogP contribution in [-0.4, -0.2) is 36.3 Å². The van der Waals surface area contributed by atoms with E-state index in [1.165, 1.54) is 6.33 Å². The number of carbonyl (C=O) groups excluding carboxylic acids is 1. The largest absolute Gasteiger partial charge is 0.339 e. The first-order valence-electron chi connectivity index (χ1n) is 8.71. The second kappa shape index (κ2) is 7.78. The van der Waals surface area contributed by atoms with Crippen LogP contribution in [-0.2, 0) is 11.2 Å². The molecular weight excluding hydrogens is 358 g/mol. The van der Waals surface area contributed by atoms with Gasteiger partial charge in [-0.05, 0) is 41.1 Å². The van der Waals surface area contributed by atoms with Crippen molar-refractivity contribution >= 4 is 11.6 Å². The van der Waals surface area contributed by atoms with Gasteiger partial charge in [-0.3, -0.25) is 4.79 Å². The van der Waals surface area contributed by atoms with Crippen molar-refractivity contribution in [3.63, 3.8) is 0 Å². The standard InChI is InChI=1S/C19H17N7O2/c1-13-11-15(7-8-16(13)26-12-20-24-25-26)21-17(27)9-10-18-22-19(23-28-18)14-5-3-2-4-6-14/h2-8,11-12H,9-10H2,1H3,(H,21,27). The zero-order valence-corrected chi connectivity index (χ0v) is 15.1. The SMILES string of the molecule is Cc1cc(NC(=O)CCc2nc(-c3ccccc3)no2)ccc1-n1cnnn1. The molecule has 1 N–H and O–H groups in total. The molecule has 1 amide bonds. The lowest BCUT2D eigenvalue weighted by molar-refractivity contribution is -0.116. The van der Waals surface area contributed by atoms with Crippen LogP contribution in [0.2, 0.25) is 0 Å². The first kappa shape index (κ1) is 17.5. The van der Waals surface area contributed by atoms with Crippen LogP contribution in [0.5, 0.6) is 0 Å². The minimum absolute atomic E-state index is 0.131. The minimum Gasteiger partial charge on any atom is -0.339 e. The van der Waals surface area contributed by atoms with Crippen LogP contribution in [0, 0.1) is 6.92 Å². The number of benzene rings is 2. The van der Waals surface area contributed by atoms with Crippen molar-refractivity contribution in [1.29, 1.82) is 0 Å². The average Bonchev–Trinajstić information content (AvgIpc) is 3.39. The van der Waals surface area contributed by atoms with E-state index in [-0.39, 0.29) is 12.3 Å². The van der Waals surface area contributed by atoms with Gasteiger partial charge in [-0.25, -0.2) is 4.68 Å². The Morgan fingerprint density at radius 3 is 2.79 bits per heavy atom. The maximum absolute atomic E-state index is 12.2. The fourth-order valence-corrected chi connectivity index (χ4v) is 2.77. The Morgan fingerprint density at radius 1 is 1.18 bits per heavy atom. The Bertz CT molecular complexity index is 1070. The number of nitrogens with one attached hydrogen (secondary N) is 1. The summed E-state index contributed by atoms with van der Waals surface area (Å²) in [5.41, 5.74) is 3.37. The predicted molar refractivity (Wildman–Crippen MR) is 101 cm³/mol. The molecule has 0 saturated carbocycles. The topological polar surface area (TPSA) is 112 Å². The molecule has 0 fully saturated rings. The predicted octanol–water partition coefficient (Wildman–Crippen LogP) is 2.59. The summed E-state index contributed by atoms with van der Waals surface area (Å²) >= 11 is 0. The van der Waals surface area contributed by atoms with Gasteiger partial charge in [0.25, 0.3) is 0 Å². The lowest BCUT2D eigenvalue weighted by atomic mass is 10.1. The Balaban J connectivity index is 1.35. The van der Waals surface area contributed by atoms with Gasteiger partial charge in [0.2, 0.25) is 17.6 Å². The molecule has 9 nitrogen and oxygen atoms in total. The molecule has 0 spiro atoms. The summed E-state index contributed by atoms with van der Waals surface area (Å²) in [7, 11) is 0. The number of aromatic nitrogens is 6. The molecule has 2 aromatic carbocycles. The monoisotopic (exact) mass is 375 g/mol. The van der Waals surface area contributed by atoms with Crippen LogP contribution in [0.4, 0.5) is 5.69 Å². The van der Waals surface area contributed by atoms with Crippen LogP contribution in [0.3, 0.4) is 0 Å². The molecule has 0 aliphatic rings. The van der Waals surface area contributed by atoms with E-state index < -0.39 is 0 Å². The summed E-state index contributed by atoms with van der Waals surface area (Å²) in [4.78, 5) is 16.6. The van der Waals surface area contributed by atoms with E-state index in [0.717, 1.165) is 16.8 Å². The number of rotatable bonds is 6. The molecule has 0 aliphatic carbocycles. The van der Waals surface area contributed by atoms with E-state index >= 15 is 0 Å². The minimum atomic E-state index is -0.131. The number of aryl methyl sites for hydroxylation is 2. The van der Waals surface area contributed by atoms with Gasteiger partial charge in [-0.1, -0.05) is 35.5 Å². The highest BCUT2D eigenvalue weighted by molar-refractivity contribution is 5.91. The highest BCUT2D eigenvalue weighted by Crippen LogP contribution is 2.19. The van der Waals surface area contributed by atoms with Crippen molar-refractivity contribution in [2.24, 2.45) is 0 Å². The number of hydrogen-bond acceptors (Lipinski definition) is 7. The molecule has 9 heteroatoms. The summed E-state index contributed by atoms with van der Waals surface area (Å²) < 4.78 is 6.80. The molecular formula is C19H17N7O2. The summed E-state index contributed by atoms with van der Waals surface area (Å²) in [6, 6.07) is 15.1. The van der Waals surface area contributed by atoms with E-state index in [9.17, 15) is 4.79 Å². The normalized spacial score (nSPS) is 10.8. The molecule has 28 heavy (non-hydrogen) atoms. The van der Waals surface area contributed by atoms with Crippen molar-refractivity contribution in [2.45, 2.75) is 19.8 Å². The van der Waals surface area contributed by atoms with Crippen LogP contribution >= 0.6 is 0 Å². The van der Waals surface area contributed by atoms with Crippen LogP contribution in [0.25, 0.3) is 17.1 Å². The van der Waals surface area contributed by atoms with Crippen molar-refractivity contribution < 1.29 is 9.32 Å². The maximum atomic E-state index is 12.2. The van der Waals surface area contributed by atoms with E-state index in [2.05, 4.69) is 31.0 Å². The van der Waals surface area contributed by atoms with Crippen molar-refractivity contribution in [3.8, 4) is 17.1 Å². The van der Waals surface area contributed by atoms with Gasteiger partial charge >= 0.3 is 0 Å². The molecule has 2 heterocycles. The van der Waals surface area contributed by atoms with E-state index in [1.54, 1.807) is 4.68 Å². The van der Waals surface area contributed by atoms with Gasteiger partial charge in [-0.2, -0.15) is 4.98 Å². The lowest BCUT2D eigenvalue weighted by Gasteiger charge is -2.08. The molecule has 2 aromatic heterocycles. The Hall–Kier alpha value is -3.88. The number of amides is 1. The number of hydrogen-bond donors (Lipinski definition) is 1. The first-order chi connectivity index (χ1) is 13.7. The summed E-state index contributed by atoms with van der Waals surface area (Å²) in [6.45, 7) is 1.93. The number of tetrazole rings is 1. The number of carbonyl (C=O) groups is 1. The van der Waals surface area contributed by atoms with Crippen molar-refractivity contribution in [3.05, 3.63) is 66.3 Å². The smallest absolute Gasteiger partial charge is 0.227 e. The molecule has 4 rings (SSSR count). The molecule has 0 aliphatic heterocycles. The molecule has 140 valence electrons. The number of nitrogens with zero attached hydrogens (tertiary/aromatic N) is 6. The summed E-state index contributed by atoms with van der Waals surface area (Å²) in [5, 5.41) is 18.0. The molecule has 0 unspecified atom stereocenters. The molecule has 0 saturated heterocycles. The highest BCUT2D eigenvalue weighted by Gasteiger charge is 2.11. The maximum Gasteiger partial charge on any atom is 0.227 e. The number of anilines is 1. The molecule has 0 atom stereocenters.